The van der Waals surface area contributed by atoms with Crippen LogP contribution in [0.5, 0.6) is 5.75 Å². The van der Waals surface area contributed by atoms with Crippen LogP contribution in [-0.4, -0.2) is 19.6 Å². The Kier molecular flexibility index (Phi) is 3.37. The summed E-state index contributed by atoms with van der Waals surface area (Å²) >= 11 is 7.10. The average molecular weight is 206 g/mol. The second-order valence-corrected chi connectivity index (χ2v) is 3.54. The summed E-state index contributed by atoms with van der Waals surface area (Å²) < 4.78 is 5.66. The maximum Gasteiger partial charge on any atom is 0.257 e. The lowest BCUT2D eigenvalue weighted by Gasteiger charge is -2.02. The Labute approximate surface area is 79.3 Å². The topological polar surface area (TPSA) is 38.3 Å². The Morgan fingerprint density at radius 2 is 2.58 bits per heavy atom. The highest BCUT2D eigenvalue weighted by Gasteiger charge is 2.04. The fourth-order valence-corrected chi connectivity index (χ4v) is 1.43. The van der Waals surface area contributed by atoms with Gasteiger partial charge in [0.15, 0.2) is 6.61 Å². The van der Waals surface area contributed by atoms with E-state index >= 15 is 0 Å². The molecule has 1 rings (SSSR count). The van der Waals surface area contributed by atoms with Crippen molar-refractivity contribution in [2.45, 2.75) is 0 Å². The molecule has 1 aromatic heterocycles. The van der Waals surface area contributed by atoms with Gasteiger partial charge in [-0.25, -0.2) is 0 Å². The third-order valence-corrected chi connectivity index (χ3v) is 2.36. The molecular weight excluding hydrogens is 198 g/mol. The fraction of sp³-hybridized carbons (Fsp3) is 0.286. The van der Waals surface area contributed by atoms with Crippen molar-refractivity contribution in [1.29, 1.82) is 0 Å². The van der Waals surface area contributed by atoms with Crippen molar-refractivity contribution in [2.75, 3.05) is 13.7 Å². The van der Waals surface area contributed by atoms with Crippen molar-refractivity contribution in [3.63, 3.8) is 0 Å². The Balaban J connectivity index is 2.43. The number of halogens is 1. The SMILES string of the molecule is CNC(=O)COc1ccsc1Cl. The molecule has 1 heterocycles. The minimum absolute atomic E-state index is 0.00690. The zero-order valence-electron chi connectivity index (χ0n) is 6.46. The van der Waals surface area contributed by atoms with Gasteiger partial charge in [0, 0.05) is 7.05 Å². The zero-order valence-corrected chi connectivity index (χ0v) is 8.04. The van der Waals surface area contributed by atoms with Gasteiger partial charge in [-0.1, -0.05) is 11.6 Å². The highest BCUT2D eigenvalue weighted by Crippen LogP contribution is 2.29. The molecule has 1 aromatic rings. The van der Waals surface area contributed by atoms with Gasteiger partial charge in [0.1, 0.15) is 10.1 Å². The summed E-state index contributed by atoms with van der Waals surface area (Å²) in [5.41, 5.74) is 0. The zero-order chi connectivity index (χ0) is 8.97. The van der Waals surface area contributed by atoms with E-state index in [-0.39, 0.29) is 12.5 Å². The summed E-state index contributed by atoms with van der Waals surface area (Å²) in [6, 6.07) is 1.73. The number of carbonyl (C=O) groups excluding carboxylic acids is 1. The molecule has 0 unspecified atom stereocenters. The van der Waals surface area contributed by atoms with E-state index in [4.69, 9.17) is 16.3 Å². The summed E-state index contributed by atoms with van der Waals surface area (Å²) in [6.07, 6.45) is 0. The van der Waals surface area contributed by atoms with Crippen molar-refractivity contribution >= 4 is 28.8 Å². The molecule has 0 aromatic carbocycles. The van der Waals surface area contributed by atoms with Crippen molar-refractivity contribution < 1.29 is 9.53 Å². The minimum Gasteiger partial charge on any atom is -0.481 e. The lowest BCUT2D eigenvalue weighted by Crippen LogP contribution is -2.24. The van der Waals surface area contributed by atoms with Crippen LogP contribution < -0.4 is 10.1 Å². The van der Waals surface area contributed by atoms with E-state index in [1.807, 2.05) is 5.38 Å². The van der Waals surface area contributed by atoms with E-state index in [9.17, 15) is 4.79 Å². The van der Waals surface area contributed by atoms with Crippen LogP contribution in [0.3, 0.4) is 0 Å². The lowest BCUT2D eigenvalue weighted by atomic mass is 10.6. The molecular formula is C7H8ClNO2S. The van der Waals surface area contributed by atoms with Gasteiger partial charge in [0.05, 0.1) is 0 Å². The molecule has 0 aliphatic heterocycles. The number of rotatable bonds is 3. The van der Waals surface area contributed by atoms with Crippen molar-refractivity contribution in [3.05, 3.63) is 15.8 Å². The number of ether oxygens (including phenoxy) is 1. The molecule has 1 N–H and O–H groups in total. The van der Waals surface area contributed by atoms with Crippen LogP contribution in [0, 0.1) is 0 Å². The Morgan fingerprint density at radius 1 is 1.83 bits per heavy atom. The van der Waals surface area contributed by atoms with Crippen LogP contribution in [-0.2, 0) is 4.79 Å². The molecule has 0 fully saturated rings. The number of thiophene rings is 1. The molecule has 0 saturated carbocycles. The van der Waals surface area contributed by atoms with Gasteiger partial charge in [-0.05, 0) is 11.4 Å². The highest BCUT2D eigenvalue weighted by atomic mass is 35.5. The standard InChI is InChI=1S/C7H8ClNO2S/c1-9-6(10)4-11-5-2-3-12-7(5)8/h2-3H,4H2,1H3,(H,9,10). The number of hydrogen-bond donors (Lipinski definition) is 1. The molecule has 3 nitrogen and oxygen atoms in total. The maximum absolute atomic E-state index is 10.7. The molecule has 0 spiro atoms. The summed E-state index contributed by atoms with van der Waals surface area (Å²) in [7, 11) is 1.56. The van der Waals surface area contributed by atoms with Gasteiger partial charge in [-0.2, -0.15) is 0 Å². The predicted octanol–water partition coefficient (Wildman–Crippen LogP) is 1.53. The number of likely N-dealkylation sites (N-methyl/N-ethyl adjacent to an activating group) is 1. The Hall–Kier alpha value is -0.740. The highest BCUT2D eigenvalue weighted by molar-refractivity contribution is 7.14. The molecule has 12 heavy (non-hydrogen) atoms. The van der Waals surface area contributed by atoms with Crippen LogP contribution in [0.4, 0.5) is 0 Å². The van der Waals surface area contributed by atoms with Gasteiger partial charge >= 0.3 is 0 Å². The van der Waals surface area contributed by atoms with Crippen molar-refractivity contribution in [2.24, 2.45) is 0 Å². The van der Waals surface area contributed by atoms with Gasteiger partial charge in [-0.3, -0.25) is 4.79 Å². The molecule has 0 saturated heterocycles. The van der Waals surface area contributed by atoms with Crippen molar-refractivity contribution in [1.82, 2.24) is 5.32 Å². The first-order valence-corrected chi connectivity index (χ1v) is 4.56. The smallest absolute Gasteiger partial charge is 0.257 e. The molecule has 66 valence electrons. The van der Waals surface area contributed by atoms with E-state index in [1.54, 1.807) is 13.1 Å². The lowest BCUT2D eigenvalue weighted by molar-refractivity contribution is -0.122. The Bertz CT molecular complexity index is 274. The van der Waals surface area contributed by atoms with Gasteiger partial charge in [-0.15, -0.1) is 11.3 Å². The van der Waals surface area contributed by atoms with Crippen LogP contribution in [0.25, 0.3) is 0 Å². The molecule has 0 aliphatic carbocycles. The van der Waals surface area contributed by atoms with Crippen LogP contribution in [0.1, 0.15) is 0 Å². The number of nitrogens with one attached hydrogen (secondary N) is 1. The van der Waals surface area contributed by atoms with Gasteiger partial charge in [0.25, 0.3) is 5.91 Å². The van der Waals surface area contributed by atoms with E-state index in [0.717, 1.165) is 0 Å². The fourth-order valence-electron chi connectivity index (χ4n) is 0.599. The second-order valence-electron chi connectivity index (χ2n) is 2.02. The van der Waals surface area contributed by atoms with Crippen LogP contribution >= 0.6 is 22.9 Å². The first-order chi connectivity index (χ1) is 5.74. The summed E-state index contributed by atoms with van der Waals surface area (Å²) in [4.78, 5) is 10.7. The normalized spacial score (nSPS) is 9.50. The van der Waals surface area contributed by atoms with Crippen molar-refractivity contribution in [3.8, 4) is 5.75 Å². The summed E-state index contributed by atoms with van der Waals surface area (Å²) in [5.74, 6) is 0.391. The largest absolute Gasteiger partial charge is 0.481 e. The monoisotopic (exact) mass is 205 g/mol. The number of hydrogen-bond acceptors (Lipinski definition) is 3. The average Bonchev–Trinajstić information content (AvgIpc) is 2.47. The molecule has 0 atom stereocenters. The quantitative estimate of drug-likeness (QED) is 0.813. The van der Waals surface area contributed by atoms with Crippen LogP contribution in [0.2, 0.25) is 4.34 Å². The predicted molar refractivity (Wildman–Crippen MR) is 48.9 cm³/mol. The number of amides is 1. The molecule has 5 heteroatoms. The Morgan fingerprint density at radius 3 is 3.08 bits per heavy atom. The molecule has 0 bridgehead atoms. The third-order valence-electron chi connectivity index (χ3n) is 1.22. The van der Waals surface area contributed by atoms with E-state index in [0.29, 0.717) is 10.1 Å². The summed E-state index contributed by atoms with van der Waals surface area (Å²) in [6.45, 7) is 0.00690. The van der Waals surface area contributed by atoms with Gasteiger partial charge in [0.2, 0.25) is 0 Å². The second kappa shape index (κ2) is 4.33. The number of carbonyl (C=O) groups is 1. The van der Waals surface area contributed by atoms with Gasteiger partial charge < -0.3 is 10.1 Å². The van der Waals surface area contributed by atoms with E-state index < -0.39 is 0 Å². The first kappa shape index (κ1) is 9.35. The molecule has 0 radical (unpaired) electrons. The minimum atomic E-state index is -0.169. The first-order valence-electron chi connectivity index (χ1n) is 3.30. The molecule has 0 aliphatic rings. The van der Waals surface area contributed by atoms with Crippen LogP contribution in [0.15, 0.2) is 11.4 Å². The third kappa shape index (κ3) is 2.39. The van der Waals surface area contributed by atoms with E-state index in [2.05, 4.69) is 5.32 Å². The molecule has 1 amide bonds. The summed E-state index contributed by atoms with van der Waals surface area (Å²) in [5, 5.41) is 4.25. The van der Waals surface area contributed by atoms with E-state index in [1.165, 1.54) is 11.3 Å². The maximum atomic E-state index is 10.7.